The van der Waals surface area contributed by atoms with Gasteiger partial charge in [0, 0.05) is 44.0 Å². The van der Waals surface area contributed by atoms with Gasteiger partial charge in [0.25, 0.3) is 0 Å². The molecule has 0 atom stereocenters. The van der Waals surface area contributed by atoms with Gasteiger partial charge in [0.1, 0.15) is 11.9 Å². The van der Waals surface area contributed by atoms with Crippen molar-refractivity contribution in [1.82, 2.24) is 14.7 Å². The van der Waals surface area contributed by atoms with Gasteiger partial charge in [-0.2, -0.15) is 5.26 Å². The average molecular weight is 269 g/mol. The van der Waals surface area contributed by atoms with Crippen molar-refractivity contribution in [2.75, 3.05) is 31.1 Å². The van der Waals surface area contributed by atoms with Crippen LogP contribution in [0.5, 0.6) is 0 Å². The molecule has 3 rings (SSSR count). The van der Waals surface area contributed by atoms with Crippen LogP contribution < -0.4 is 10.2 Å². The summed E-state index contributed by atoms with van der Waals surface area (Å²) < 4.78 is 2.04. The Labute approximate surface area is 118 Å². The van der Waals surface area contributed by atoms with Gasteiger partial charge in [0.05, 0.1) is 5.52 Å². The number of pyridine rings is 1. The van der Waals surface area contributed by atoms with E-state index in [1.54, 1.807) is 0 Å². The number of hydrogen-bond acceptors (Lipinski definition) is 4. The van der Waals surface area contributed by atoms with E-state index in [2.05, 4.69) is 47.3 Å². The maximum absolute atomic E-state index is 9.28. The minimum Gasteiger partial charge on any atom is -0.369 e. The quantitative estimate of drug-likeness (QED) is 0.902. The highest BCUT2D eigenvalue weighted by atomic mass is 15.2. The second-order valence-electron chi connectivity index (χ2n) is 5.46. The third-order valence-corrected chi connectivity index (χ3v) is 3.76. The fraction of sp³-hybridized carbons (Fsp3) is 0.467. The van der Waals surface area contributed by atoms with E-state index in [1.165, 1.54) is 5.69 Å². The van der Waals surface area contributed by atoms with Gasteiger partial charge in [-0.1, -0.05) is 13.8 Å². The molecule has 1 saturated heterocycles. The monoisotopic (exact) mass is 269 g/mol. The fourth-order valence-electron chi connectivity index (χ4n) is 2.71. The number of anilines is 1. The molecular formula is C15H19N5. The van der Waals surface area contributed by atoms with Crippen molar-refractivity contribution in [2.24, 2.45) is 0 Å². The molecule has 1 fully saturated rings. The Kier molecular flexibility index (Phi) is 3.33. The van der Waals surface area contributed by atoms with Crippen LogP contribution in [0.3, 0.4) is 0 Å². The first kappa shape index (κ1) is 12.9. The number of nitriles is 1. The highest BCUT2D eigenvalue weighted by Crippen LogP contribution is 2.24. The third-order valence-electron chi connectivity index (χ3n) is 3.76. The zero-order chi connectivity index (χ0) is 14.1. The Balaban J connectivity index is 2.08. The average Bonchev–Trinajstić information content (AvgIpc) is 2.86. The van der Waals surface area contributed by atoms with Crippen LogP contribution in [-0.4, -0.2) is 35.6 Å². The molecule has 5 nitrogen and oxygen atoms in total. The normalized spacial score (nSPS) is 15.8. The third kappa shape index (κ3) is 2.12. The minimum atomic E-state index is 0.301. The molecule has 0 bridgehead atoms. The van der Waals surface area contributed by atoms with E-state index in [4.69, 9.17) is 0 Å². The molecule has 1 aliphatic heterocycles. The fourth-order valence-corrected chi connectivity index (χ4v) is 2.71. The number of aromatic nitrogens is 2. The summed E-state index contributed by atoms with van der Waals surface area (Å²) in [6, 6.07) is 6.42. The van der Waals surface area contributed by atoms with E-state index in [0.717, 1.165) is 37.5 Å². The number of nitrogens with one attached hydrogen (secondary N) is 1. The first-order valence-corrected chi connectivity index (χ1v) is 7.08. The molecule has 3 heterocycles. The smallest absolute Gasteiger partial charge is 0.166 e. The number of nitrogens with zero attached hydrogens (tertiary/aromatic N) is 4. The van der Waals surface area contributed by atoms with Crippen molar-refractivity contribution in [2.45, 2.75) is 19.8 Å². The number of fused-ring (bicyclic) bond motifs is 1. The number of hydrogen-bond donors (Lipinski definition) is 1. The highest BCUT2D eigenvalue weighted by molar-refractivity contribution is 5.66. The van der Waals surface area contributed by atoms with Crippen LogP contribution in [0.25, 0.3) is 5.52 Å². The SMILES string of the molecule is CC(C)c1nc(C#N)c2cc(N3CCNCC3)ccn12. The van der Waals surface area contributed by atoms with Crippen LogP contribution in [0.1, 0.15) is 31.3 Å². The van der Waals surface area contributed by atoms with Crippen LogP contribution >= 0.6 is 0 Å². The summed E-state index contributed by atoms with van der Waals surface area (Å²) in [4.78, 5) is 6.81. The van der Waals surface area contributed by atoms with Gasteiger partial charge in [0.2, 0.25) is 0 Å². The van der Waals surface area contributed by atoms with Gasteiger partial charge in [-0.25, -0.2) is 4.98 Å². The molecule has 2 aromatic rings. The molecular weight excluding hydrogens is 250 g/mol. The predicted molar refractivity (Wildman–Crippen MR) is 79.1 cm³/mol. The molecule has 20 heavy (non-hydrogen) atoms. The molecule has 5 heteroatoms. The molecule has 2 aromatic heterocycles. The van der Waals surface area contributed by atoms with Crippen molar-refractivity contribution in [3.8, 4) is 6.07 Å². The van der Waals surface area contributed by atoms with Gasteiger partial charge in [0.15, 0.2) is 5.69 Å². The van der Waals surface area contributed by atoms with Crippen molar-refractivity contribution in [1.29, 1.82) is 5.26 Å². The summed E-state index contributed by atoms with van der Waals surface area (Å²) in [5, 5.41) is 12.6. The second-order valence-corrected chi connectivity index (χ2v) is 5.46. The van der Waals surface area contributed by atoms with E-state index >= 15 is 0 Å². The molecule has 0 unspecified atom stereocenters. The van der Waals surface area contributed by atoms with Gasteiger partial charge < -0.3 is 14.6 Å². The maximum Gasteiger partial charge on any atom is 0.166 e. The lowest BCUT2D eigenvalue weighted by atomic mass is 10.2. The van der Waals surface area contributed by atoms with Crippen molar-refractivity contribution in [3.05, 3.63) is 29.8 Å². The van der Waals surface area contributed by atoms with Crippen molar-refractivity contribution >= 4 is 11.2 Å². The van der Waals surface area contributed by atoms with Gasteiger partial charge in [-0.15, -0.1) is 0 Å². The molecule has 0 aromatic carbocycles. The summed E-state index contributed by atoms with van der Waals surface area (Å²) in [5.41, 5.74) is 2.60. The molecule has 0 spiro atoms. The predicted octanol–water partition coefficient (Wildman–Crippen LogP) is 1.74. The Bertz CT molecular complexity index is 659. The Hall–Kier alpha value is -2.06. The summed E-state index contributed by atoms with van der Waals surface area (Å²) in [6.07, 6.45) is 2.04. The molecule has 0 saturated carbocycles. The zero-order valence-electron chi connectivity index (χ0n) is 11.9. The number of rotatable bonds is 2. The van der Waals surface area contributed by atoms with E-state index in [1.807, 2.05) is 10.6 Å². The summed E-state index contributed by atoms with van der Waals surface area (Å²) in [7, 11) is 0. The number of imidazole rings is 1. The molecule has 104 valence electrons. The lowest BCUT2D eigenvalue weighted by Crippen LogP contribution is -2.43. The topological polar surface area (TPSA) is 56.4 Å². The lowest BCUT2D eigenvalue weighted by molar-refractivity contribution is 0.589. The van der Waals surface area contributed by atoms with Crippen LogP contribution in [0.15, 0.2) is 18.3 Å². The molecule has 1 N–H and O–H groups in total. The van der Waals surface area contributed by atoms with E-state index < -0.39 is 0 Å². The molecule has 0 aliphatic carbocycles. The van der Waals surface area contributed by atoms with Crippen LogP contribution in [0, 0.1) is 11.3 Å². The Morgan fingerprint density at radius 3 is 2.75 bits per heavy atom. The van der Waals surface area contributed by atoms with E-state index in [9.17, 15) is 5.26 Å². The summed E-state index contributed by atoms with van der Waals surface area (Å²) in [6.45, 7) is 8.21. The van der Waals surface area contributed by atoms with Gasteiger partial charge in [-0.3, -0.25) is 0 Å². The largest absolute Gasteiger partial charge is 0.369 e. The Morgan fingerprint density at radius 1 is 1.35 bits per heavy atom. The summed E-state index contributed by atoms with van der Waals surface area (Å²) >= 11 is 0. The standard InChI is InChI=1S/C15H19N5/c1-11(2)15-18-13(10-16)14-9-12(3-6-20(14)15)19-7-4-17-5-8-19/h3,6,9,11,17H,4-5,7-8H2,1-2H3. The maximum atomic E-state index is 9.28. The van der Waals surface area contributed by atoms with Crippen molar-refractivity contribution < 1.29 is 0 Å². The van der Waals surface area contributed by atoms with Crippen LogP contribution in [-0.2, 0) is 0 Å². The van der Waals surface area contributed by atoms with Gasteiger partial charge in [-0.05, 0) is 12.1 Å². The first-order valence-electron chi connectivity index (χ1n) is 7.08. The molecule has 0 amide bonds. The zero-order valence-corrected chi connectivity index (χ0v) is 11.9. The minimum absolute atomic E-state index is 0.301. The molecule has 1 aliphatic rings. The van der Waals surface area contributed by atoms with E-state index in [0.29, 0.717) is 11.6 Å². The van der Waals surface area contributed by atoms with Crippen LogP contribution in [0.4, 0.5) is 5.69 Å². The highest BCUT2D eigenvalue weighted by Gasteiger charge is 2.16. The number of piperazine rings is 1. The van der Waals surface area contributed by atoms with E-state index in [-0.39, 0.29) is 0 Å². The van der Waals surface area contributed by atoms with Gasteiger partial charge >= 0.3 is 0 Å². The van der Waals surface area contributed by atoms with Crippen LogP contribution in [0.2, 0.25) is 0 Å². The first-order chi connectivity index (χ1) is 9.70. The lowest BCUT2D eigenvalue weighted by Gasteiger charge is -2.29. The Morgan fingerprint density at radius 2 is 2.10 bits per heavy atom. The second kappa shape index (κ2) is 5.14. The van der Waals surface area contributed by atoms with Crippen molar-refractivity contribution in [3.63, 3.8) is 0 Å². The summed E-state index contributed by atoms with van der Waals surface area (Å²) in [5.74, 6) is 1.25. The molecule has 0 radical (unpaired) electrons.